The largest absolute Gasteiger partial charge is 0.493 e. The minimum atomic E-state index is -4.51. The number of fused-ring (bicyclic) bond motifs is 4. The molecule has 0 spiro atoms. The Morgan fingerprint density at radius 1 is 1.11 bits per heavy atom. The summed E-state index contributed by atoms with van der Waals surface area (Å²) in [5.41, 5.74) is 0.809. The Bertz CT molecular complexity index is 1270. The molecule has 0 N–H and O–H groups in total. The molecule has 0 bridgehead atoms. The van der Waals surface area contributed by atoms with Gasteiger partial charge in [0, 0.05) is 24.4 Å². The molecule has 2 aromatic carbocycles. The molecule has 0 amide bonds. The van der Waals surface area contributed by atoms with Crippen LogP contribution in [0.15, 0.2) is 53.6 Å². The first-order valence-electron chi connectivity index (χ1n) is 8.29. The van der Waals surface area contributed by atoms with Gasteiger partial charge in [-0.3, -0.25) is 13.8 Å². The molecule has 0 saturated heterocycles. The maximum absolute atomic E-state index is 13.3. The Morgan fingerprint density at radius 3 is 2.78 bits per heavy atom. The van der Waals surface area contributed by atoms with E-state index in [0.717, 1.165) is 17.7 Å². The van der Waals surface area contributed by atoms with Gasteiger partial charge >= 0.3 is 6.18 Å². The summed E-state index contributed by atoms with van der Waals surface area (Å²) in [5, 5.41) is 0. The van der Waals surface area contributed by atoms with E-state index in [0.29, 0.717) is 30.0 Å². The van der Waals surface area contributed by atoms with Crippen LogP contribution in [0.25, 0.3) is 22.4 Å². The van der Waals surface area contributed by atoms with Crippen molar-refractivity contribution in [2.24, 2.45) is 0 Å². The number of alkyl halides is 3. The van der Waals surface area contributed by atoms with E-state index >= 15 is 0 Å². The van der Waals surface area contributed by atoms with E-state index in [9.17, 15) is 18.0 Å². The lowest BCUT2D eigenvalue weighted by atomic mass is 10.1. The minimum Gasteiger partial charge on any atom is -0.493 e. The number of imidazole rings is 1. The lowest BCUT2D eigenvalue weighted by molar-refractivity contribution is -0.137. The van der Waals surface area contributed by atoms with E-state index < -0.39 is 17.3 Å². The average Bonchev–Trinajstić information content (AvgIpc) is 3.30. The third-order valence-corrected chi connectivity index (χ3v) is 4.80. The highest BCUT2D eigenvalue weighted by Gasteiger charge is 2.31. The van der Waals surface area contributed by atoms with Crippen molar-refractivity contribution in [3.05, 3.63) is 70.3 Å². The summed E-state index contributed by atoms with van der Waals surface area (Å²) < 4.78 is 48.3. The molecule has 5 nitrogen and oxygen atoms in total. The Labute approximate surface area is 150 Å². The molecule has 8 heteroatoms. The van der Waals surface area contributed by atoms with Crippen molar-refractivity contribution < 1.29 is 17.9 Å². The first-order valence-corrected chi connectivity index (χ1v) is 8.29. The SMILES string of the molecule is O=c1c2nccn2c2ccc(C(F)(F)F)cc2n1-c1cccc2c1CCO2. The predicted molar refractivity (Wildman–Crippen MR) is 92.5 cm³/mol. The van der Waals surface area contributed by atoms with E-state index in [-0.39, 0.29) is 11.2 Å². The van der Waals surface area contributed by atoms with Gasteiger partial charge in [-0.1, -0.05) is 6.07 Å². The third kappa shape index (κ3) is 2.26. The van der Waals surface area contributed by atoms with Gasteiger partial charge in [0.15, 0.2) is 0 Å². The summed E-state index contributed by atoms with van der Waals surface area (Å²) >= 11 is 0. The second-order valence-electron chi connectivity index (χ2n) is 6.31. The molecule has 0 aliphatic carbocycles. The van der Waals surface area contributed by atoms with Crippen molar-refractivity contribution in [3.63, 3.8) is 0 Å². The lowest BCUT2D eigenvalue weighted by Gasteiger charge is -2.16. The van der Waals surface area contributed by atoms with Crippen LogP contribution in [-0.4, -0.2) is 20.6 Å². The number of hydrogen-bond acceptors (Lipinski definition) is 3. The van der Waals surface area contributed by atoms with E-state index in [1.807, 2.05) is 0 Å². The number of ether oxygens (including phenoxy) is 1. The third-order valence-electron chi connectivity index (χ3n) is 4.80. The molecular formula is C19H12F3N3O2. The van der Waals surface area contributed by atoms with E-state index in [4.69, 9.17) is 4.74 Å². The fourth-order valence-electron chi connectivity index (χ4n) is 3.60. The quantitative estimate of drug-likeness (QED) is 0.514. The monoisotopic (exact) mass is 371 g/mol. The van der Waals surface area contributed by atoms with Crippen molar-refractivity contribution >= 4 is 16.7 Å². The molecule has 0 fully saturated rings. The van der Waals surface area contributed by atoms with Gasteiger partial charge in [0.1, 0.15) is 5.75 Å². The molecule has 0 radical (unpaired) electrons. The minimum absolute atomic E-state index is 0.152. The Hall–Kier alpha value is -3.29. The number of rotatable bonds is 1. The highest BCUT2D eigenvalue weighted by Crippen LogP contribution is 2.34. The van der Waals surface area contributed by atoms with Crippen molar-refractivity contribution in [1.82, 2.24) is 14.0 Å². The number of nitrogens with zero attached hydrogens (tertiary/aromatic N) is 3. The fourth-order valence-corrected chi connectivity index (χ4v) is 3.60. The van der Waals surface area contributed by atoms with Crippen LogP contribution in [0.4, 0.5) is 13.2 Å². The zero-order valence-electron chi connectivity index (χ0n) is 13.8. The van der Waals surface area contributed by atoms with Crippen molar-refractivity contribution in [2.45, 2.75) is 12.6 Å². The average molecular weight is 371 g/mol. The summed E-state index contributed by atoms with van der Waals surface area (Å²) in [6, 6.07) is 8.60. The zero-order valence-corrected chi connectivity index (χ0v) is 13.8. The smallest absolute Gasteiger partial charge is 0.416 e. The first-order chi connectivity index (χ1) is 12.9. The standard InChI is InChI=1S/C19H12F3N3O2/c20-19(21,22)11-4-5-14-15(10-11)25(18(26)17-23-7-8-24(14)17)13-2-1-3-16-12(13)6-9-27-16/h1-5,7-8,10H,6,9H2. The molecule has 1 aliphatic heterocycles. The Kier molecular flexibility index (Phi) is 3.16. The summed E-state index contributed by atoms with van der Waals surface area (Å²) in [5.74, 6) is 0.641. The number of aromatic nitrogens is 3. The van der Waals surface area contributed by atoms with Crippen LogP contribution in [0.2, 0.25) is 0 Å². The Balaban J connectivity index is 1.96. The molecular weight excluding hydrogens is 359 g/mol. The fraction of sp³-hybridized carbons (Fsp3) is 0.158. The van der Waals surface area contributed by atoms with Gasteiger partial charge in [-0.05, 0) is 30.3 Å². The maximum Gasteiger partial charge on any atom is 0.416 e. The van der Waals surface area contributed by atoms with Crippen LogP contribution >= 0.6 is 0 Å². The molecule has 0 saturated carbocycles. The lowest BCUT2D eigenvalue weighted by Crippen LogP contribution is -2.23. The van der Waals surface area contributed by atoms with Crippen LogP contribution in [0.1, 0.15) is 11.1 Å². The zero-order chi connectivity index (χ0) is 18.8. The molecule has 2 aromatic heterocycles. The van der Waals surface area contributed by atoms with Crippen molar-refractivity contribution in [3.8, 4) is 11.4 Å². The molecule has 1 aliphatic rings. The molecule has 0 unspecified atom stereocenters. The second-order valence-corrected chi connectivity index (χ2v) is 6.31. The van der Waals surface area contributed by atoms with Crippen molar-refractivity contribution in [1.29, 1.82) is 0 Å². The van der Waals surface area contributed by atoms with Crippen LogP contribution in [0, 0.1) is 0 Å². The molecule has 136 valence electrons. The van der Waals surface area contributed by atoms with Gasteiger partial charge in [0.05, 0.1) is 28.9 Å². The molecule has 0 atom stereocenters. The van der Waals surface area contributed by atoms with Crippen LogP contribution in [0.3, 0.4) is 0 Å². The molecule has 4 aromatic rings. The van der Waals surface area contributed by atoms with E-state index in [1.54, 1.807) is 24.4 Å². The topological polar surface area (TPSA) is 48.5 Å². The number of benzene rings is 2. The van der Waals surface area contributed by atoms with Gasteiger partial charge in [0.2, 0.25) is 5.65 Å². The number of halogens is 3. The predicted octanol–water partition coefficient (Wildman–Crippen LogP) is 3.59. The second kappa shape index (κ2) is 5.35. The Morgan fingerprint density at radius 2 is 1.96 bits per heavy atom. The summed E-state index contributed by atoms with van der Waals surface area (Å²) in [6.45, 7) is 0.471. The summed E-state index contributed by atoms with van der Waals surface area (Å²) in [4.78, 5) is 17.2. The maximum atomic E-state index is 13.3. The van der Waals surface area contributed by atoms with Gasteiger partial charge in [-0.15, -0.1) is 0 Å². The van der Waals surface area contributed by atoms with Crippen LogP contribution in [-0.2, 0) is 12.6 Å². The van der Waals surface area contributed by atoms with E-state index in [1.165, 1.54) is 21.2 Å². The molecule has 3 heterocycles. The van der Waals surface area contributed by atoms with Crippen LogP contribution < -0.4 is 10.3 Å². The van der Waals surface area contributed by atoms with Gasteiger partial charge in [-0.2, -0.15) is 13.2 Å². The van der Waals surface area contributed by atoms with Gasteiger partial charge in [-0.25, -0.2) is 4.98 Å². The first kappa shape index (κ1) is 15.9. The van der Waals surface area contributed by atoms with Gasteiger partial charge < -0.3 is 4.74 Å². The normalized spacial score (nSPS) is 13.9. The highest BCUT2D eigenvalue weighted by molar-refractivity contribution is 5.81. The van der Waals surface area contributed by atoms with Crippen molar-refractivity contribution in [2.75, 3.05) is 6.61 Å². The highest BCUT2D eigenvalue weighted by atomic mass is 19.4. The van der Waals surface area contributed by atoms with Gasteiger partial charge in [0.25, 0.3) is 5.56 Å². The summed E-state index contributed by atoms with van der Waals surface area (Å²) in [7, 11) is 0. The molecule has 5 rings (SSSR count). The number of hydrogen-bond donors (Lipinski definition) is 0. The summed E-state index contributed by atoms with van der Waals surface area (Å²) in [6.07, 6.45) is -0.912. The molecule has 27 heavy (non-hydrogen) atoms. The van der Waals surface area contributed by atoms with E-state index in [2.05, 4.69) is 4.98 Å². The van der Waals surface area contributed by atoms with Crippen LogP contribution in [0.5, 0.6) is 5.75 Å².